The fourth-order valence-electron chi connectivity index (χ4n) is 4.55. The molecule has 0 atom stereocenters. The number of aromatic nitrogens is 2. The number of amides is 1. The van der Waals surface area contributed by atoms with Crippen LogP contribution in [-0.4, -0.2) is 35.8 Å². The highest BCUT2D eigenvalue weighted by Crippen LogP contribution is 2.24. The molecule has 198 valence electrons. The molecular formula is C28H25N5O5S. The smallest absolute Gasteiger partial charge is 0.269 e. The molecule has 0 radical (unpaired) electrons. The summed E-state index contributed by atoms with van der Waals surface area (Å²) in [5.74, 6) is -0.423. The van der Waals surface area contributed by atoms with E-state index < -0.39 is 20.9 Å². The highest BCUT2D eigenvalue weighted by atomic mass is 32.2. The van der Waals surface area contributed by atoms with Gasteiger partial charge in [-0.1, -0.05) is 54.1 Å². The van der Waals surface area contributed by atoms with Crippen LogP contribution in [0.15, 0.2) is 83.9 Å². The molecule has 1 aliphatic heterocycles. The summed E-state index contributed by atoms with van der Waals surface area (Å²) >= 11 is 0. The Morgan fingerprint density at radius 3 is 2.51 bits per heavy atom. The molecule has 1 aromatic heterocycles. The Bertz CT molecular complexity index is 1670. The van der Waals surface area contributed by atoms with E-state index in [1.54, 1.807) is 0 Å². The highest BCUT2D eigenvalue weighted by molar-refractivity contribution is 7.90. The molecule has 11 heteroatoms. The van der Waals surface area contributed by atoms with Crippen molar-refractivity contribution >= 4 is 27.6 Å². The molecule has 1 N–H and O–H groups in total. The summed E-state index contributed by atoms with van der Waals surface area (Å²) in [6.07, 6.45) is 2.49. The van der Waals surface area contributed by atoms with Crippen molar-refractivity contribution < 1.29 is 18.1 Å². The van der Waals surface area contributed by atoms with E-state index in [1.165, 1.54) is 17.3 Å². The van der Waals surface area contributed by atoms with Crippen LogP contribution in [0.4, 0.5) is 11.6 Å². The van der Waals surface area contributed by atoms with Crippen molar-refractivity contribution in [3.05, 3.63) is 123 Å². The Balaban J connectivity index is 1.46. The van der Waals surface area contributed by atoms with Crippen molar-refractivity contribution in [2.75, 3.05) is 11.4 Å². The molecule has 0 fully saturated rings. The topological polar surface area (TPSA) is 135 Å². The molecule has 0 spiro atoms. The van der Waals surface area contributed by atoms with Gasteiger partial charge in [0, 0.05) is 37.8 Å². The van der Waals surface area contributed by atoms with Gasteiger partial charge in [0.25, 0.3) is 21.6 Å². The van der Waals surface area contributed by atoms with Crippen LogP contribution in [0.5, 0.6) is 0 Å². The number of nitro groups is 1. The van der Waals surface area contributed by atoms with Crippen LogP contribution < -0.4 is 9.62 Å². The number of nitro benzene ring substituents is 1. The van der Waals surface area contributed by atoms with Gasteiger partial charge in [0.1, 0.15) is 0 Å². The first kappa shape index (κ1) is 26.0. The van der Waals surface area contributed by atoms with E-state index in [9.17, 15) is 23.3 Å². The summed E-state index contributed by atoms with van der Waals surface area (Å²) in [6.45, 7) is 3.30. The zero-order chi connectivity index (χ0) is 27.6. The van der Waals surface area contributed by atoms with Gasteiger partial charge in [-0.05, 0) is 42.2 Å². The number of hydrogen-bond acceptors (Lipinski definition) is 8. The number of nitrogens with zero attached hydrogens (tertiary/aromatic N) is 4. The first-order chi connectivity index (χ1) is 18.7. The molecule has 0 unspecified atom stereocenters. The number of benzene rings is 3. The van der Waals surface area contributed by atoms with E-state index in [0.29, 0.717) is 31.2 Å². The maximum atomic E-state index is 13.2. The van der Waals surface area contributed by atoms with Crippen molar-refractivity contribution in [2.24, 2.45) is 0 Å². The number of rotatable bonds is 7. The number of nitrogens with one attached hydrogen (secondary N) is 1. The largest absolute Gasteiger partial charge is 0.336 e. The predicted molar refractivity (Wildman–Crippen MR) is 145 cm³/mol. The molecule has 0 saturated carbocycles. The molecule has 0 bridgehead atoms. The van der Waals surface area contributed by atoms with E-state index in [2.05, 4.69) is 21.8 Å². The van der Waals surface area contributed by atoms with Gasteiger partial charge in [0.05, 0.1) is 21.1 Å². The molecule has 39 heavy (non-hydrogen) atoms. The second-order valence-corrected chi connectivity index (χ2v) is 11.0. The van der Waals surface area contributed by atoms with Crippen molar-refractivity contribution in [1.82, 2.24) is 14.7 Å². The molecule has 4 aromatic rings. The van der Waals surface area contributed by atoms with Gasteiger partial charge in [0.2, 0.25) is 5.95 Å². The van der Waals surface area contributed by atoms with Crippen LogP contribution in [0.25, 0.3) is 0 Å². The molecule has 10 nitrogen and oxygen atoms in total. The van der Waals surface area contributed by atoms with Crippen LogP contribution in [0.1, 0.15) is 38.3 Å². The molecule has 3 aromatic carbocycles. The van der Waals surface area contributed by atoms with Crippen LogP contribution in [0, 0.1) is 17.0 Å². The lowest BCUT2D eigenvalue weighted by atomic mass is 10.0. The predicted octanol–water partition coefficient (Wildman–Crippen LogP) is 3.97. The van der Waals surface area contributed by atoms with E-state index >= 15 is 0 Å². The molecule has 0 aliphatic carbocycles. The second kappa shape index (κ2) is 10.6. The Labute approximate surface area is 225 Å². The van der Waals surface area contributed by atoms with Crippen molar-refractivity contribution in [2.45, 2.75) is 31.2 Å². The van der Waals surface area contributed by atoms with Crippen LogP contribution in [-0.2, 0) is 29.4 Å². The third-order valence-corrected chi connectivity index (χ3v) is 7.90. The SMILES string of the molecule is Cc1cccc(Cc2nc(N3CCc4ccccc4C3)ncc2C(=O)NS(=O)(=O)c2ccc([N+](=O)[O-])cc2)c1. The van der Waals surface area contributed by atoms with Gasteiger partial charge in [-0.25, -0.2) is 23.1 Å². The fraction of sp³-hybridized carbons (Fsp3) is 0.179. The molecule has 2 heterocycles. The lowest BCUT2D eigenvalue weighted by Crippen LogP contribution is -2.34. The number of carbonyl (C=O) groups is 1. The number of anilines is 1. The average Bonchev–Trinajstić information content (AvgIpc) is 2.92. The van der Waals surface area contributed by atoms with E-state index in [4.69, 9.17) is 4.98 Å². The minimum atomic E-state index is -4.30. The summed E-state index contributed by atoms with van der Waals surface area (Å²) < 4.78 is 27.8. The third kappa shape index (κ3) is 5.78. The lowest BCUT2D eigenvalue weighted by Gasteiger charge is -2.29. The maximum Gasteiger partial charge on any atom is 0.269 e. The van der Waals surface area contributed by atoms with Crippen molar-refractivity contribution in [1.29, 1.82) is 0 Å². The molecule has 5 rings (SSSR count). The van der Waals surface area contributed by atoms with Crippen LogP contribution >= 0.6 is 0 Å². The van der Waals surface area contributed by atoms with E-state index in [1.807, 2.05) is 48.2 Å². The van der Waals surface area contributed by atoms with E-state index in [0.717, 1.165) is 41.8 Å². The molecular weight excluding hydrogens is 518 g/mol. The number of fused-ring (bicyclic) bond motifs is 1. The minimum Gasteiger partial charge on any atom is -0.336 e. The number of non-ortho nitro benzene ring substituents is 1. The van der Waals surface area contributed by atoms with Crippen molar-refractivity contribution in [3.8, 4) is 0 Å². The minimum absolute atomic E-state index is 0.0307. The van der Waals surface area contributed by atoms with E-state index in [-0.39, 0.29) is 16.1 Å². The zero-order valence-electron chi connectivity index (χ0n) is 21.1. The molecule has 0 saturated heterocycles. The second-order valence-electron chi connectivity index (χ2n) is 9.32. The summed E-state index contributed by atoms with van der Waals surface area (Å²) in [5.41, 5.74) is 4.58. The monoisotopic (exact) mass is 543 g/mol. The number of aryl methyl sites for hydroxylation is 1. The Hall–Kier alpha value is -4.64. The Morgan fingerprint density at radius 1 is 1.05 bits per heavy atom. The normalized spacial score (nSPS) is 13.0. The standard InChI is InChI=1S/C28H25N5O5S/c1-19-5-4-6-20(15-19)16-26-25(27(34)31-39(37,38)24-11-9-23(10-12-24)33(35)36)17-29-28(30-26)32-14-13-21-7-2-3-8-22(21)18-32/h2-12,15,17H,13-14,16,18H2,1H3,(H,31,34). The van der Waals surface area contributed by atoms with Crippen LogP contribution in [0.2, 0.25) is 0 Å². The number of carbonyl (C=O) groups excluding carboxylic acids is 1. The first-order valence-electron chi connectivity index (χ1n) is 12.2. The molecule has 1 amide bonds. The van der Waals surface area contributed by atoms with Gasteiger partial charge in [-0.2, -0.15) is 0 Å². The summed E-state index contributed by atoms with van der Waals surface area (Å²) in [6, 6.07) is 20.2. The quantitative estimate of drug-likeness (QED) is 0.273. The number of sulfonamides is 1. The maximum absolute atomic E-state index is 13.2. The van der Waals surface area contributed by atoms with Crippen LogP contribution in [0.3, 0.4) is 0 Å². The summed E-state index contributed by atoms with van der Waals surface area (Å²) in [4.78, 5) is 34.5. The van der Waals surface area contributed by atoms with Gasteiger partial charge in [0.15, 0.2) is 0 Å². The van der Waals surface area contributed by atoms with Gasteiger partial charge in [-0.15, -0.1) is 0 Å². The molecule has 1 aliphatic rings. The first-order valence-corrected chi connectivity index (χ1v) is 13.7. The fourth-order valence-corrected chi connectivity index (χ4v) is 5.51. The lowest BCUT2D eigenvalue weighted by molar-refractivity contribution is -0.384. The Morgan fingerprint density at radius 2 is 1.79 bits per heavy atom. The summed E-state index contributed by atoms with van der Waals surface area (Å²) in [7, 11) is -4.30. The van der Waals surface area contributed by atoms with Gasteiger partial charge in [-0.3, -0.25) is 14.9 Å². The average molecular weight is 544 g/mol. The van der Waals surface area contributed by atoms with Crippen molar-refractivity contribution in [3.63, 3.8) is 0 Å². The van der Waals surface area contributed by atoms with Gasteiger partial charge >= 0.3 is 0 Å². The Kier molecular flexibility index (Phi) is 7.07. The summed E-state index contributed by atoms with van der Waals surface area (Å²) in [5, 5.41) is 10.9. The third-order valence-electron chi connectivity index (χ3n) is 6.55. The van der Waals surface area contributed by atoms with Gasteiger partial charge < -0.3 is 4.90 Å². The highest BCUT2D eigenvalue weighted by Gasteiger charge is 2.25. The number of hydrogen-bond donors (Lipinski definition) is 1. The zero-order valence-corrected chi connectivity index (χ0v) is 21.9.